The summed E-state index contributed by atoms with van der Waals surface area (Å²) in [6.45, 7) is 1.50. The molecule has 3 aromatic rings. The van der Waals surface area contributed by atoms with E-state index >= 15 is 0 Å². The highest BCUT2D eigenvalue weighted by Crippen LogP contribution is 2.25. The van der Waals surface area contributed by atoms with Crippen LogP contribution in [0.15, 0.2) is 65.6 Å². The van der Waals surface area contributed by atoms with Crippen molar-refractivity contribution < 1.29 is 26.9 Å². The van der Waals surface area contributed by atoms with Gasteiger partial charge < -0.3 is 4.90 Å². The number of benzene rings is 3. The molecule has 32 heavy (non-hydrogen) atoms. The van der Waals surface area contributed by atoms with E-state index in [9.17, 15) is 32.1 Å². The minimum Gasteiger partial charge on any atom is -0.311 e. The number of hydrogen-bond donors (Lipinski definition) is 1. The van der Waals surface area contributed by atoms with E-state index in [0.717, 1.165) is 23.1 Å². The first-order chi connectivity index (χ1) is 15.0. The molecule has 0 aliphatic heterocycles. The smallest absolute Gasteiger partial charge is 0.273 e. The maximum atomic E-state index is 13.4. The maximum Gasteiger partial charge on any atom is 0.273 e. The molecule has 1 N–H and O–H groups in total. The summed E-state index contributed by atoms with van der Waals surface area (Å²) in [5.74, 6) is -2.66. The number of halogens is 2. The monoisotopic (exact) mass is 461 g/mol. The molecular formula is C21H17F2N3O5S. The lowest BCUT2D eigenvalue weighted by Crippen LogP contribution is -2.26. The summed E-state index contributed by atoms with van der Waals surface area (Å²) in [5.41, 5.74) is 0.433. The fraction of sp³-hybridized carbons (Fsp3) is 0.0952. The van der Waals surface area contributed by atoms with Crippen LogP contribution in [-0.2, 0) is 10.0 Å². The Hall–Kier alpha value is -3.86. The molecule has 0 aromatic heterocycles. The van der Waals surface area contributed by atoms with Crippen LogP contribution >= 0.6 is 0 Å². The van der Waals surface area contributed by atoms with Crippen LogP contribution < -0.4 is 9.62 Å². The zero-order chi connectivity index (χ0) is 23.6. The fourth-order valence-electron chi connectivity index (χ4n) is 2.85. The third-order valence-corrected chi connectivity index (χ3v) is 6.05. The first-order valence-corrected chi connectivity index (χ1v) is 10.6. The zero-order valence-corrected chi connectivity index (χ0v) is 17.7. The van der Waals surface area contributed by atoms with Crippen molar-refractivity contribution in [1.82, 2.24) is 0 Å². The number of carbonyl (C=O) groups excluding carboxylic acids is 1. The number of anilines is 2. The van der Waals surface area contributed by atoms with Crippen molar-refractivity contribution in [2.45, 2.75) is 11.8 Å². The first kappa shape index (κ1) is 22.8. The van der Waals surface area contributed by atoms with Crippen LogP contribution in [0.4, 0.5) is 25.8 Å². The van der Waals surface area contributed by atoms with E-state index in [2.05, 4.69) is 4.72 Å². The highest BCUT2D eigenvalue weighted by molar-refractivity contribution is 7.92. The number of amides is 1. The van der Waals surface area contributed by atoms with Gasteiger partial charge in [0.25, 0.3) is 21.6 Å². The van der Waals surface area contributed by atoms with Gasteiger partial charge in [-0.2, -0.15) is 0 Å². The second-order valence-corrected chi connectivity index (χ2v) is 8.53. The third kappa shape index (κ3) is 4.72. The topological polar surface area (TPSA) is 110 Å². The molecule has 0 saturated carbocycles. The average Bonchev–Trinajstić information content (AvgIpc) is 2.75. The minimum absolute atomic E-state index is 0.125. The molecule has 166 valence electrons. The van der Waals surface area contributed by atoms with Gasteiger partial charge in [-0.15, -0.1) is 0 Å². The Morgan fingerprint density at radius 3 is 2.25 bits per heavy atom. The molecule has 0 aliphatic carbocycles. The van der Waals surface area contributed by atoms with Crippen molar-refractivity contribution in [2.75, 3.05) is 16.7 Å². The lowest BCUT2D eigenvalue weighted by molar-refractivity contribution is -0.385. The van der Waals surface area contributed by atoms with Gasteiger partial charge in [-0.25, -0.2) is 17.2 Å². The van der Waals surface area contributed by atoms with Crippen LogP contribution in [0.2, 0.25) is 0 Å². The lowest BCUT2D eigenvalue weighted by Gasteiger charge is -2.18. The molecule has 0 radical (unpaired) electrons. The van der Waals surface area contributed by atoms with Crippen molar-refractivity contribution in [1.29, 1.82) is 0 Å². The van der Waals surface area contributed by atoms with Crippen LogP contribution in [0.5, 0.6) is 0 Å². The number of hydrogen-bond acceptors (Lipinski definition) is 5. The van der Waals surface area contributed by atoms with Gasteiger partial charge in [0.05, 0.1) is 9.82 Å². The van der Waals surface area contributed by atoms with Crippen molar-refractivity contribution >= 4 is 33.0 Å². The fourth-order valence-corrected chi connectivity index (χ4v) is 3.93. The van der Waals surface area contributed by atoms with E-state index in [4.69, 9.17) is 0 Å². The Bertz CT molecular complexity index is 1310. The molecule has 3 rings (SSSR count). The van der Waals surface area contributed by atoms with Gasteiger partial charge in [0.2, 0.25) is 0 Å². The number of carbonyl (C=O) groups is 1. The molecule has 0 unspecified atom stereocenters. The normalized spacial score (nSPS) is 11.1. The lowest BCUT2D eigenvalue weighted by atomic mass is 10.1. The first-order valence-electron chi connectivity index (χ1n) is 9.10. The van der Waals surface area contributed by atoms with Gasteiger partial charge in [-0.1, -0.05) is 6.07 Å². The van der Waals surface area contributed by atoms with Gasteiger partial charge in [0.15, 0.2) is 11.6 Å². The molecule has 0 fully saturated rings. The van der Waals surface area contributed by atoms with Gasteiger partial charge in [-0.05, 0) is 49.4 Å². The second kappa shape index (κ2) is 8.71. The summed E-state index contributed by atoms with van der Waals surface area (Å²) in [5, 5.41) is 11.1. The number of nitro benzene ring substituents is 1. The quantitative estimate of drug-likeness (QED) is 0.436. The maximum absolute atomic E-state index is 13.4. The average molecular weight is 461 g/mol. The number of nitrogens with zero attached hydrogens (tertiary/aromatic N) is 2. The van der Waals surface area contributed by atoms with Crippen LogP contribution in [0.3, 0.4) is 0 Å². The van der Waals surface area contributed by atoms with Crippen molar-refractivity contribution in [2.24, 2.45) is 0 Å². The van der Waals surface area contributed by atoms with Crippen LogP contribution in [0, 0.1) is 28.7 Å². The highest BCUT2D eigenvalue weighted by atomic mass is 32.2. The van der Waals surface area contributed by atoms with Crippen molar-refractivity contribution in [3.8, 4) is 0 Å². The Kier molecular flexibility index (Phi) is 6.21. The van der Waals surface area contributed by atoms with Gasteiger partial charge in [-0.3, -0.25) is 19.6 Å². The third-order valence-electron chi connectivity index (χ3n) is 4.67. The minimum atomic E-state index is -4.11. The van der Waals surface area contributed by atoms with Crippen molar-refractivity contribution in [3.05, 3.63) is 93.5 Å². The molecule has 0 bridgehead atoms. The van der Waals surface area contributed by atoms with E-state index in [0.29, 0.717) is 5.56 Å². The molecule has 0 aliphatic rings. The Morgan fingerprint density at radius 1 is 1.00 bits per heavy atom. The molecule has 3 aromatic carbocycles. The number of nitrogens with one attached hydrogen (secondary N) is 1. The summed E-state index contributed by atoms with van der Waals surface area (Å²) in [6, 6.07) is 12.0. The number of nitro groups is 1. The SMILES string of the molecule is Cc1ccc(S(=O)(=O)Nc2ccc(C(=O)N(C)c3ccc(F)c(F)c3)cc2)cc1[N+](=O)[O-]. The predicted octanol–water partition coefficient (Wildman–Crippen LogP) is 4.26. The molecule has 0 atom stereocenters. The van der Waals surface area contributed by atoms with E-state index in [-0.39, 0.29) is 27.5 Å². The predicted molar refractivity (Wildman–Crippen MR) is 114 cm³/mol. The van der Waals surface area contributed by atoms with Crippen LogP contribution in [-0.4, -0.2) is 26.3 Å². The van der Waals surface area contributed by atoms with E-state index in [1.54, 1.807) is 0 Å². The van der Waals surface area contributed by atoms with E-state index < -0.39 is 32.5 Å². The van der Waals surface area contributed by atoms with Crippen LogP contribution in [0.1, 0.15) is 15.9 Å². The summed E-state index contributed by atoms with van der Waals surface area (Å²) >= 11 is 0. The van der Waals surface area contributed by atoms with E-state index in [1.165, 1.54) is 56.4 Å². The summed E-state index contributed by atoms with van der Waals surface area (Å²) in [4.78, 5) is 23.8. The van der Waals surface area contributed by atoms with Crippen molar-refractivity contribution in [3.63, 3.8) is 0 Å². The Morgan fingerprint density at radius 2 is 1.66 bits per heavy atom. The molecule has 8 nitrogen and oxygen atoms in total. The zero-order valence-electron chi connectivity index (χ0n) is 16.9. The molecular weight excluding hydrogens is 444 g/mol. The summed E-state index contributed by atoms with van der Waals surface area (Å²) < 4.78 is 54.0. The van der Waals surface area contributed by atoms with Gasteiger partial charge >= 0.3 is 0 Å². The highest BCUT2D eigenvalue weighted by Gasteiger charge is 2.20. The summed E-state index contributed by atoms with van der Waals surface area (Å²) in [6.07, 6.45) is 0. The number of rotatable bonds is 6. The molecule has 0 saturated heterocycles. The standard InChI is InChI=1S/C21H17F2N3O5S/c1-13-3-9-17(12-20(13)26(28)29)32(30,31)24-15-6-4-14(5-7-15)21(27)25(2)16-8-10-18(22)19(23)11-16/h3-12,24H,1-2H3. The Balaban J connectivity index is 1.79. The molecule has 11 heteroatoms. The second-order valence-electron chi connectivity index (χ2n) is 6.85. The number of aryl methyl sites for hydroxylation is 1. The molecule has 0 spiro atoms. The van der Waals surface area contributed by atoms with Gasteiger partial charge in [0, 0.05) is 41.7 Å². The molecule has 0 heterocycles. The number of sulfonamides is 1. The van der Waals surface area contributed by atoms with Crippen LogP contribution in [0.25, 0.3) is 0 Å². The molecule has 1 amide bonds. The largest absolute Gasteiger partial charge is 0.311 e. The summed E-state index contributed by atoms with van der Waals surface area (Å²) in [7, 11) is -2.73. The van der Waals surface area contributed by atoms with Gasteiger partial charge in [0.1, 0.15) is 0 Å². The Labute approximate surface area is 182 Å². The van der Waals surface area contributed by atoms with E-state index in [1.807, 2.05) is 0 Å².